The van der Waals surface area contributed by atoms with Gasteiger partial charge in [0.2, 0.25) is 10.0 Å². The number of para-hydroxylation sites is 1. The van der Waals surface area contributed by atoms with E-state index in [0.29, 0.717) is 18.5 Å². The number of nitrogens with zero attached hydrogens (tertiary/aromatic N) is 1. The van der Waals surface area contributed by atoms with E-state index in [0.717, 1.165) is 5.56 Å². The molecule has 154 valence electrons. The zero-order valence-electron chi connectivity index (χ0n) is 16.6. The molecule has 1 amide bonds. The summed E-state index contributed by atoms with van der Waals surface area (Å²) in [6, 6.07) is 12.1. The predicted octanol–water partition coefficient (Wildman–Crippen LogP) is 2.51. The molecule has 0 aromatic heterocycles. The average Bonchev–Trinajstić information content (AvgIpc) is 3.12. The lowest BCUT2D eigenvalue weighted by Gasteiger charge is -2.24. The van der Waals surface area contributed by atoms with Gasteiger partial charge in [0.15, 0.2) is 0 Å². The van der Waals surface area contributed by atoms with E-state index in [1.165, 1.54) is 36.3 Å². The van der Waals surface area contributed by atoms with Crippen LogP contribution in [0.5, 0.6) is 0 Å². The van der Waals surface area contributed by atoms with Gasteiger partial charge in [-0.05, 0) is 49.2 Å². The molecule has 29 heavy (non-hydrogen) atoms. The Bertz CT molecular complexity index is 1020. The van der Waals surface area contributed by atoms with E-state index >= 15 is 0 Å². The number of benzene rings is 2. The first-order valence-electron chi connectivity index (χ1n) is 9.40. The van der Waals surface area contributed by atoms with Crippen LogP contribution in [-0.2, 0) is 26.0 Å². The molecule has 8 heteroatoms. The van der Waals surface area contributed by atoms with Crippen LogP contribution in [0, 0.1) is 0 Å². The van der Waals surface area contributed by atoms with Crippen LogP contribution in [0.2, 0.25) is 0 Å². The van der Waals surface area contributed by atoms with Gasteiger partial charge in [-0.2, -0.15) is 0 Å². The van der Waals surface area contributed by atoms with Gasteiger partial charge >= 0.3 is 5.97 Å². The van der Waals surface area contributed by atoms with Gasteiger partial charge in [-0.25, -0.2) is 17.9 Å². The van der Waals surface area contributed by atoms with Crippen molar-refractivity contribution in [1.82, 2.24) is 4.72 Å². The number of methoxy groups -OCH3 is 1. The minimum Gasteiger partial charge on any atom is -0.467 e. The van der Waals surface area contributed by atoms with Crippen LogP contribution in [0.1, 0.15) is 36.2 Å². The SMILES string of the molecule is CCC(C)NS(=O)(=O)c1ccc(C(=O)N2c3ccccc3CC2C(=O)OC)cc1. The molecule has 0 bridgehead atoms. The number of ether oxygens (including phenoxy) is 1. The van der Waals surface area contributed by atoms with Crippen molar-refractivity contribution in [1.29, 1.82) is 0 Å². The third-order valence-corrected chi connectivity index (χ3v) is 6.65. The highest BCUT2D eigenvalue weighted by molar-refractivity contribution is 7.89. The highest BCUT2D eigenvalue weighted by atomic mass is 32.2. The maximum absolute atomic E-state index is 13.2. The number of amides is 1. The van der Waals surface area contributed by atoms with Gasteiger partial charge in [0.05, 0.1) is 12.0 Å². The average molecular weight is 416 g/mol. The minimum absolute atomic E-state index is 0.0840. The summed E-state index contributed by atoms with van der Waals surface area (Å²) in [6.07, 6.45) is 1.04. The second-order valence-electron chi connectivity index (χ2n) is 7.00. The number of fused-ring (bicyclic) bond motifs is 1. The van der Waals surface area contributed by atoms with Gasteiger partial charge in [-0.15, -0.1) is 0 Å². The first kappa shape index (κ1) is 21.0. The number of hydrogen-bond acceptors (Lipinski definition) is 5. The molecule has 2 aromatic carbocycles. The zero-order chi connectivity index (χ0) is 21.2. The van der Waals surface area contributed by atoms with Crippen molar-refractivity contribution in [2.45, 2.75) is 43.7 Å². The van der Waals surface area contributed by atoms with Gasteiger partial charge in [0.25, 0.3) is 5.91 Å². The Hall–Kier alpha value is -2.71. The molecule has 0 fully saturated rings. The van der Waals surface area contributed by atoms with Crippen LogP contribution in [0.3, 0.4) is 0 Å². The van der Waals surface area contributed by atoms with Gasteiger partial charge in [-0.1, -0.05) is 25.1 Å². The Morgan fingerprint density at radius 1 is 1.17 bits per heavy atom. The Morgan fingerprint density at radius 2 is 1.83 bits per heavy atom. The van der Waals surface area contributed by atoms with Crippen molar-refractivity contribution >= 4 is 27.6 Å². The summed E-state index contributed by atoms with van der Waals surface area (Å²) in [5.41, 5.74) is 1.83. The number of rotatable bonds is 6. The number of carbonyl (C=O) groups excluding carboxylic acids is 2. The lowest BCUT2D eigenvalue weighted by molar-refractivity contribution is -0.141. The summed E-state index contributed by atoms with van der Waals surface area (Å²) in [7, 11) is -2.37. The van der Waals surface area contributed by atoms with Crippen LogP contribution in [0.15, 0.2) is 53.4 Å². The Labute approximate surface area is 170 Å². The van der Waals surface area contributed by atoms with Crippen molar-refractivity contribution in [2.24, 2.45) is 0 Å². The third-order valence-electron chi connectivity index (χ3n) is 5.05. The third kappa shape index (κ3) is 4.18. The molecule has 2 unspecified atom stereocenters. The van der Waals surface area contributed by atoms with Crippen molar-refractivity contribution < 1.29 is 22.7 Å². The monoisotopic (exact) mass is 416 g/mol. The van der Waals surface area contributed by atoms with Crippen LogP contribution < -0.4 is 9.62 Å². The van der Waals surface area contributed by atoms with E-state index in [2.05, 4.69) is 4.72 Å². The fourth-order valence-electron chi connectivity index (χ4n) is 3.29. The molecule has 3 rings (SSSR count). The van der Waals surface area contributed by atoms with Crippen LogP contribution in [0.4, 0.5) is 5.69 Å². The first-order valence-corrected chi connectivity index (χ1v) is 10.9. The lowest BCUT2D eigenvalue weighted by atomic mass is 10.1. The fourth-order valence-corrected chi connectivity index (χ4v) is 4.62. The highest BCUT2D eigenvalue weighted by Gasteiger charge is 2.39. The molecule has 1 N–H and O–H groups in total. The smallest absolute Gasteiger partial charge is 0.329 e. The molecule has 1 aliphatic heterocycles. The molecule has 0 saturated carbocycles. The minimum atomic E-state index is -3.66. The second kappa shape index (κ2) is 8.34. The molecule has 0 aliphatic carbocycles. The molecular weight excluding hydrogens is 392 g/mol. The number of nitrogens with one attached hydrogen (secondary N) is 1. The fraction of sp³-hybridized carbons (Fsp3) is 0.333. The summed E-state index contributed by atoms with van der Waals surface area (Å²) in [5.74, 6) is -0.879. The largest absolute Gasteiger partial charge is 0.467 e. The van der Waals surface area contributed by atoms with E-state index in [1.807, 2.05) is 19.1 Å². The quantitative estimate of drug-likeness (QED) is 0.731. The normalized spacial score (nSPS) is 16.9. The standard InChI is InChI=1S/C21H24N2O5S/c1-4-14(2)22-29(26,27)17-11-9-15(10-12-17)20(24)23-18-8-6-5-7-16(18)13-19(23)21(25)28-3/h5-12,14,19,22H,4,13H2,1-3H3. The molecule has 1 aliphatic rings. The van der Waals surface area contributed by atoms with Crippen molar-refractivity contribution in [3.8, 4) is 0 Å². The van der Waals surface area contributed by atoms with Crippen molar-refractivity contribution in [3.63, 3.8) is 0 Å². The maximum Gasteiger partial charge on any atom is 0.329 e. The van der Waals surface area contributed by atoms with Gasteiger partial charge in [0, 0.05) is 23.7 Å². The number of carbonyl (C=O) groups is 2. The number of sulfonamides is 1. The van der Waals surface area contributed by atoms with Gasteiger partial charge in [-0.3, -0.25) is 9.69 Å². The molecule has 2 aromatic rings. The summed E-state index contributed by atoms with van der Waals surface area (Å²) < 4.78 is 32.3. The Kier molecular flexibility index (Phi) is 6.04. The van der Waals surface area contributed by atoms with E-state index in [4.69, 9.17) is 4.74 Å². The zero-order valence-corrected chi connectivity index (χ0v) is 17.4. The van der Waals surface area contributed by atoms with Gasteiger partial charge < -0.3 is 4.74 Å². The summed E-state index contributed by atoms with van der Waals surface area (Å²) in [4.78, 5) is 26.9. The summed E-state index contributed by atoms with van der Waals surface area (Å²) in [6.45, 7) is 3.67. The van der Waals surface area contributed by atoms with Crippen LogP contribution >= 0.6 is 0 Å². The molecule has 0 saturated heterocycles. The molecule has 0 spiro atoms. The summed E-state index contributed by atoms with van der Waals surface area (Å²) in [5, 5.41) is 0. The van der Waals surface area contributed by atoms with E-state index in [1.54, 1.807) is 19.1 Å². The molecule has 7 nitrogen and oxygen atoms in total. The highest BCUT2D eigenvalue weighted by Crippen LogP contribution is 2.34. The van der Waals surface area contributed by atoms with E-state index in [9.17, 15) is 18.0 Å². The molecular formula is C21H24N2O5S. The second-order valence-corrected chi connectivity index (χ2v) is 8.72. The first-order chi connectivity index (χ1) is 13.8. The van der Waals surface area contributed by atoms with Crippen molar-refractivity contribution in [3.05, 3.63) is 59.7 Å². The topological polar surface area (TPSA) is 92.8 Å². The molecule has 2 atom stereocenters. The Balaban J connectivity index is 1.90. The van der Waals surface area contributed by atoms with Crippen LogP contribution in [-0.4, -0.2) is 39.5 Å². The van der Waals surface area contributed by atoms with Crippen LogP contribution in [0.25, 0.3) is 0 Å². The Morgan fingerprint density at radius 3 is 2.45 bits per heavy atom. The maximum atomic E-state index is 13.2. The van der Waals surface area contributed by atoms with E-state index in [-0.39, 0.29) is 22.4 Å². The number of anilines is 1. The molecule has 0 radical (unpaired) electrons. The number of esters is 1. The van der Waals surface area contributed by atoms with E-state index < -0.39 is 22.0 Å². The molecule has 1 heterocycles. The summed E-state index contributed by atoms with van der Waals surface area (Å²) >= 11 is 0. The van der Waals surface area contributed by atoms with Crippen molar-refractivity contribution in [2.75, 3.05) is 12.0 Å². The lowest BCUT2D eigenvalue weighted by Crippen LogP contribution is -2.43. The van der Waals surface area contributed by atoms with Gasteiger partial charge in [0.1, 0.15) is 6.04 Å². The predicted molar refractivity (Wildman–Crippen MR) is 109 cm³/mol. The number of hydrogen-bond donors (Lipinski definition) is 1.